The van der Waals surface area contributed by atoms with Gasteiger partial charge in [-0.3, -0.25) is 4.79 Å². The highest BCUT2D eigenvalue weighted by molar-refractivity contribution is 7.89. The minimum absolute atomic E-state index is 0.0668. The second-order valence-corrected chi connectivity index (χ2v) is 7.78. The van der Waals surface area contributed by atoms with E-state index in [0.29, 0.717) is 32.1 Å². The van der Waals surface area contributed by atoms with Gasteiger partial charge in [-0.25, -0.2) is 13.1 Å². The van der Waals surface area contributed by atoms with E-state index in [4.69, 9.17) is 9.47 Å². The fraction of sp³-hybridized carbons (Fsp3) is 0.562. The molecule has 1 aliphatic heterocycles. The highest BCUT2D eigenvalue weighted by Gasteiger charge is 2.28. The average molecular weight is 354 g/mol. The van der Waals surface area contributed by atoms with Gasteiger partial charge in [-0.05, 0) is 44.0 Å². The van der Waals surface area contributed by atoms with E-state index < -0.39 is 16.1 Å². The number of carbonyl (C=O) groups is 1. The number of morpholine rings is 1. The molecule has 1 aromatic rings. The molecule has 1 heterocycles. The summed E-state index contributed by atoms with van der Waals surface area (Å²) in [5.41, 5.74) is 0. The van der Waals surface area contributed by atoms with Crippen molar-refractivity contribution in [2.24, 2.45) is 0 Å². The minimum atomic E-state index is -3.47. The first-order valence-corrected chi connectivity index (χ1v) is 9.59. The maximum absolute atomic E-state index is 12.3. The van der Waals surface area contributed by atoms with Gasteiger partial charge >= 0.3 is 0 Å². The number of hydrogen-bond donors (Lipinski definition) is 1. The van der Waals surface area contributed by atoms with Gasteiger partial charge in [0.1, 0.15) is 5.75 Å². The summed E-state index contributed by atoms with van der Waals surface area (Å²) in [6.07, 6.45) is 1.15. The molecule has 8 heteroatoms. The van der Waals surface area contributed by atoms with Crippen LogP contribution in [0.3, 0.4) is 0 Å². The van der Waals surface area contributed by atoms with E-state index in [1.165, 1.54) is 12.1 Å². The van der Waals surface area contributed by atoms with Crippen LogP contribution in [0.15, 0.2) is 29.2 Å². The summed E-state index contributed by atoms with van der Waals surface area (Å²) in [6.45, 7) is 3.90. The first-order valence-electron chi connectivity index (χ1n) is 8.11. The Labute approximate surface area is 142 Å². The van der Waals surface area contributed by atoms with Crippen LogP contribution < -0.4 is 9.46 Å². The van der Waals surface area contributed by atoms with Crippen molar-refractivity contribution in [2.75, 3.05) is 26.3 Å². The summed E-state index contributed by atoms with van der Waals surface area (Å²) >= 11 is 0. The maximum Gasteiger partial charge on any atom is 0.263 e. The number of benzene rings is 1. The molecule has 2 aliphatic rings. The highest BCUT2D eigenvalue weighted by Crippen LogP contribution is 2.23. The topological polar surface area (TPSA) is 84.9 Å². The van der Waals surface area contributed by atoms with Crippen molar-refractivity contribution in [3.63, 3.8) is 0 Å². The van der Waals surface area contributed by atoms with E-state index in [9.17, 15) is 13.2 Å². The third-order valence-electron chi connectivity index (χ3n) is 4.02. The molecule has 1 N–H and O–H groups in total. The van der Waals surface area contributed by atoms with Crippen molar-refractivity contribution in [3.05, 3.63) is 24.3 Å². The summed E-state index contributed by atoms with van der Waals surface area (Å²) in [6, 6.07) is 6.20. The molecule has 1 aromatic carbocycles. The van der Waals surface area contributed by atoms with E-state index in [-0.39, 0.29) is 16.8 Å². The highest BCUT2D eigenvalue weighted by atomic mass is 32.2. The van der Waals surface area contributed by atoms with Crippen molar-refractivity contribution >= 4 is 15.9 Å². The summed E-state index contributed by atoms with van der Waals surface area (Å²) in [7, 11) is -3.47. The Morgan fingerprint density at radius 3 is 2.46 bits per heavy atom. The zero-order valence-electron chi connectivity index (χ0n) is 13.6. The molecule has 132 valence electrons. The van der Waals surface area contributed by atoms with Crippen LogP contribution in [0, 0.1) is 0 Å². The van der Waals surface area contributed by atoms with Crippen LogP contribution >= 0.6 is 0 Å². The van der Waals surface area contributed by atoms with Crippen molar-refractivity contribution in [3.8, 4) is 5.75 Å². The standard InChI is InChI=1S/C16H22N2O5S/c1-12(16(19)18-8-10-22-11-9-18)23-14-4-6-15(7-5-14)24(20,21)17-13-2-3-13/h4-7,12-13,17H,2-3,8-11H2,1H3/t12-/m0/s1. The Hall–Kier alpha value is -1.64. The number of ether oxygens (including phenoxy) is 2. The van der Waals surface area contributed by atoms with Crippen molar-refractivity contribution in [1.29, 1.82) is 0 Å². The van der Waals surface area contributed by atoms with Crippen molar-refractivity contribution in [2.45, 2.75) is 36.8 Å². The number of rotatable bonds is 6. The molecule has 0 spiro atoms. The molecule has 24 heavy (non-hydrogen) atoms. The van der Waals surface area contributed by atoms with Crippen LogP contribution in [0.1, 0.15) is 19.8 Å². The van der Waals surface area contributed by atoms with E-state index in [2.05, 4.69) is 4.72 Å². The molecule has 0 aromatic heterocycles. The quantitative estimate of drug-likeness (QED) is 0.815. The van der Waals surface area contributed by atoms with E-state index in [1.807, 2.05) is 0 Å². The largest absolute Gasteiger partial charge is 0.481 e. The number of sulfonamides is 1. The van der Waals surface area contributed by atoms with E-state index in [0.717, 1.165) is 12.8 Å². The van der Waals surface area contributed by atoms with Gasteiger partial charge < -0.3 is 14.4 Å². The summed E-state index contributed by atoms with van der Waals surface area (Å²) in [5, 5.41) is 0. The van der Waals surface area contributed by atoms with Crippen LogP contribution in [0.4, 0.5) is 0 Å². The number of hydrogen-bond acceptors (Lipinski definition) is 5. The molecule has 2 fully saturated rings. The molecule has 1 aliphatic carbocycles. The molecular formula is C16H22N2O5S. The monoisotopic (exact) mass is 354 g/mol. The molecule has 1 saturated heterocycles. The van der Waals surface area contributed by atoms with Gasteiger partial charge in [0.25, 0.3) is 5.91 Å². The van der Waals surface area contributed by atoms with Crippen molar-refractivity contribution < 1.29 is 22.7 Å². The Kier molecular flexibility index (Phi) is 5.07. The fourth-order valence-corrected chi connectivity index (χ4v) is 3.79. The van der Waals surface area contributed by atoms with Crippen LogP contribution in [-0.4, -0.2) is 57.7 Å². The van der Waals surface area contributed by atoms with E-state index in [1.54, 1.807) is 24.0 Å². The zero-order valence-corrected chi connectivity index (χ0v) is 14.4. The predicted octanol–water partition coefficient (Wildman–Crippen LogP) is 0.753. The summed E-state index contributed by atoms with van der Waals surface area (Å²) in [5.74, 6) is 0.375. The molecule has 0 unspecified atom stereocenters. The minimum Gasteiger partial charge on any atom is -0.481 e. The van der Waals surface area contributed by atoms with Gasteiger partial charge in [-0.2, -0.15) is 0 Å². The third kappa shape index (κ3) is 4.25. The van der Waals surface area contributed by atoms with Gasteiger partial charge in [0.15, 0.2) is 6.10 Å². The third-order valence-corrected chi connectivity index (χ3v) is 5.55. The Balaban J connectivity index is 1.59. The lowest BCUT2D eigenvalue weighted by Crippen LogP contribution is -2.46. The van der Waals surface area contributed by atoms with Gasteiger partial charge in [0, 0.05) is 19.1 Å². The lowest BCUT2D eigenvalue weighted by atomic mass is 10.3. The molecule has 0 radical (unpaired) electrons. The molecule has 1 amide bonds. The molecule has 7 nitrogen and oxygen atoms in total. The molecule has 1 atom stereocenters. The molecule has 3 rings (SSSR count). The first kappa shape index (κ1) is 17.2. The second kappa shape index (κ2) is 7.08. The molecular weight excluding hydrogens is 332 g/mol. The number of carbonyl (C=O) groups excluding carboxylic acids is 1. The fourth-order valence-electron chi connectivity index (χ4n) is 2.48. The number of nitrogens with one attached hydrogen (secondary N) is 1. The zero-order chi connectivity index (χ0) is 17.2. The van der Waals surface area contributed by atoms with E-state index >= 15 is 0 Å². The second-order valence-electron chi connectivity index (χ2n) is 6.06. The van der Waals surface area contributed by atoms with Gasteiger partial charge in [-0.15, -0.1) is 0 Å². The normalized spacial score (nSPS) is 19.8. The smallest absolute Gasteiger partial charge is 0.263 e. The Bertz CT molecular complexity index is 679. The predicted molar refractivity (Wildman–Crippen MR) is 87.3 cm³/mol. The Morgan fingerprint density at radius 2 is 1.88 bits per heavy atom. The van der Waals surface area contributed by atoms with Crippen molar-refractivity contribution in [1.82, 2.24) is 9.62 Å². The summed E-state index contributed by atoms with van der Waals surface area (Å²) < 4.78 is 37.7. The lowest BCUT2D eigenvalue weighted by Gasteiger charge is -2.29. The van der Waals surface area contributed by atoms with Gasteiger partial charge in [0.2, 0.25) is 10.0 Å². The lowest BCUT2D eigenvalue weighted by molar-refractivity contribution is -0.142. The van der Waals surface area contributed by atoms with Crippen LogP contribution in [0.5, 0.6) is 5.75 Å². The summed E-state index contributed by atoms with van der Waals surface area (Å²) in [4.78, 5) is 14.2. The molecule has 1 saturated carbocycles. The Morgan fingerprint density at radius 1 is 1.25 bits per heavy atom. The van der Waals surface area contributed by atoms with Crippen LogP contribution in [0.25, 0.3) is 0 Å². The molecule has 0 bridgehead atoms. The van der Waals surface area contributed by atoms with Crippen LogP contribution in [0.2, 0.25) is 0 Å². The van der Waals surface area contributed by atoms with Gasteiger partial charge in [0.05, 0.1) is 18.1 Å². The first-order chi connectivity index (χ1) is 11.5. The van der Waals surface area contributed by atoms with Gasteiger partial charge in [-0.1, -0.05) is 0 Å². The SMILES string of the molecule is C[C@H](Oc1ccc(S(=O)(=O)NC2CC2)cc1)C(=O)N1CCOCC1. The maximum atomic E-state index is 12.3. The van der Waals surface area contributed by atoms with Crippen LogP contribution in [-0.2, 0) is 19.6 Å². The number of amides is 1. The average Bonchev–Trinajstić information content (AvgIpc) is 3.38. The number of nitrogens with zero attached hydrogens (tertiary/aromatic N) is 1.